The molecule has 0 aliphatic carbocycles. The van der Waals surface area contributed by atoms with Gasteiger partial charge in [-0.25, -0.2) is 4.99 Å². The summed E-state index contributed by atoms with van der Waals surface area (Å²) in [6.07, 6.45) is 1.83. The molecule has 33 heavy (non-hydrogen) atoms. The van der Waals surface area contributed by atoms with E-state index in [1.54, 1.807) is 0 Å². The first-order valence-corrected chi connectivity index (χ1v) is 12.4. The van der Waals surface area contributed by atoms with Gasteiger partial charge in [0, 0.05) is 58.4 Å². The molecule has 3 atom stereocenters. The molecule has 3 saturated heterocycles. The Bertz CT molecular complexity index is 731. The van der Waals surface area contributed by atoms with E-state index in [2.05, 4.69) is 65.1 Å². The first-order chi connectivity index (χ1) is 15.6. The predicted octanol–water partition coefficient (Wildman–Crippen LogP) is 2.79. The number of likely N-dealkylation sites (tertiary alicyclic amines) is 1. The van der Waals surface area contributed by atoms with E-state index in [4.69, 9.17) is 14.5 Å². The van der Waals surface area contributed by atoms with E-state index >= 15 is 0 Å². The van der Waals surface area contributed by atoms with Gasteiger partial charge in [-0.15, -0.1) is 24.0 Å². The lowest BCUT2D eigenvalue weighted by Crippen LogP contribution is -2.46. The molecule has 3 aliphatic heterocycles. The molecule has 1 aromatic carbocycles. The maximum atomic E-state index is 5.86. The molecule has 0 bridgehead atoms. The molecule has 0 aromatic heterocycles. The summed E-state index contributed by atoms with van der Waals surface area (Å²) in [5.41, 5.74) is 2.62. The average Bonchev–Trinajstić information content (AvgIpc) is 3.28. The molecule has 0 amide bonds. The summed E-state index contributed by atoms with van der Waals surface area (Å²) in [5, 5.41) is 3.51. The van der Waals surface area contributed by atoms with Crippen molar-refractivity contribution in [1.29, 1.82) is 0 Å². The lowest BCUT2D eigenvalue weighted by atomic mass is 10.1. The van der Waals surface area contributed by atoms with E-state index in [0.29, 0.717) is 24.8 Å². The van der Waals surface area contributed by atoms with Crippen LogP contribution in [0.25, 0.3) is 0 Å². The summed E-state index contributed by atoms with van der Waals surface area (Å²) in [7, 11) is 0. The summed E-state index contributed by atoms with van der Waals surface area (Å²) in [6, 6.07) is 9.60. The second kappa shape index (κ2) is 13.2. The normalized spacial score (nSPS) is 27.4. The van der Waals surface area contributed by atoms with Gasteiger partial charge in [0.05, 0.1) is 32.0 Å². The average molecular weight is 572 g/mol. The largest absolute Gasteiger partial charge is 0.379 e. The molecule has 3 heterocycles. The molecule has 1 aromatic rings. The Hall–Kier alpha value is -0.940. The minimum absolute atomic E-state index is 0. The van der Waals surface area contributed by atoms with Gasteiger partial charge in [-0.2, -0.15) is 0 Å². The van der Waals surface area contributed by atoms with Crippen molar-refractivity contribution in [2.75, 3.05) is 59.0 Å². The van der Waals surface area contributed by atoms with Crippen molar-refractivity contribution in [3.05, 3.63) is 35.4 Å². The summed E-state index contributed by atoms with van der Waals surface area (Å²) in [5.74, 6) is 1.05. The maximum absolute atomic E-state index is 5.86. The van der Waals surface area contributed by atoms with E-state index in [-0.39, 0.29) is 24.0 Å². The van der Waals surface area contributed by atoms with Gasteiger partial charge in [0.1, 0.15) is 0 Å². The first kappa shape index (κ1) is 26.7. The maximum Gasteiger partial charge on any atom is 0.194 e. The number of morpholine rings is 2. The Balaban J connectivity index is 0.00000306. The molecule has 8 heteroatoms. The Morgan fingerprint density at radius 1 is 1.00 bits per heavy atom. The number of nitrogens with zero attached hydrogens (tertiary/aromatic N) is 4. The Labute approximate surface area is 216 Å². The van der Waals surface area contributed by atoms with Gasteiger partial charge in [0.2, 0.25) is 0 Å². The van der Waals surface area contributed by atoms with E-state index in [0.717, 1.165) is 71.5 Å². The highest BCUT2D eigenvalue weighted by atomic mass is 127. The van der Waals surface area contributed by atoms with Gasteiger partial charge < -0.3 is 19.7 Å². The van der Waals surface area contributed by atoms with Gasteiger partial charge in [0.25, 0.3) is 0 Å². The summed E-state index contributed by atoms with van der Waals surface area (Å²) >= 11 is 0. The fourth-order valence-corrected chi connectivity index (χ4v) is 5.19. The van der Waals surface area contributed by atoms with E-state index in [1.807, 2.05) is 0 Å². The highest BCUT2D eigenvalue weighted by Crippen LogP contribution is 2.18. The van der Waals surface area contributed by atoms with Crippen LogP contribution in [0.2, 0.25) is 0 Å². The van der Waals surface area contributed by atoms with Crippen LogP contribution in [0, 0.1) is 0 Å². The van der Waals surface area contributed by atoms with Gasteiger partial charge in [-0.3, -0.25) is 9.80 Å². The molecule has 3 unspecified atom stereocenters. The number of guanidine groups is 1. The summed E-state index contributed by atoms with van der Waals surface area (Å²) in [4.78, 5) is 12.5. The van der Waals surface area contributed by atoms with Crippen molar-refractivity contribution < 1.29 is 9.47 Å². The molecule has 1 N–H and O–H groups in total. The molecule has 0 saturated carbocycles. The number of hydrogen-bond donors (Lipinski definition) is 1. The highest BCUT2D eigenvalue weighted by molar-refractivity contribution is 14.0. The molecular formula is C25H42IN5O2. The van der Waals surface area contributed by atoms with Crippen LogP contribution in [0.1, 0.15) is 38.3 Å². The van der Waals surface area contributed by atoms with Crippen LogP contribution in [-0.2, 0) is 22.6 Å². The van der Waals surface area contributed by atoms with Crippen molar-refractivity contribution >= 4 is 29.9 Å². The van der Waals surface area contributed by atoms with Crippen molar-refractivity contribution in [1.82, 2.24) is 20.0 Å². The number of hydrogen-bond acceptors (Lipinski definition) is 5. The number of halogens is 1. The SMILES string of the molecule is CCNC(=NCc1ccc(CN2CC(C)OC(C)C2)cc1)N1CCC(N2CCOCC2)C1.I. The fourth-order valence-electron chi connectivity index (χ4n) is 5.19. The van der Waals surface area contributed by atoms with Crippen LogP contribution in [-0.4, -0.2) is 97.9 Å². The van der Waals surface area contributed by atoms with Crippen molar-refractivity contribution in [3.8, 4) is 0 Å². The van der Waals surface area contributed by atoms with E-state index in [9.17, 15) is 0 Å². The number of rotatable bonds is 6. The van der Waals surface area contributed by atoms with Crippen LogP contribution in [0.4, 0.5) is 0 Å². The van der Waals surface area contributed by atoms with Gasteiger partial charge in [-0.1, -0.05) is 24.3 Å². The van der Waals surface area contributed by atoms with Crippen molar-refractivity contribution in [2.24, 2.45) is 4.99 Å². The van der Waals surface area contributed by atoms with Crippen LogP contribution >= 0.6 is 24.0 Å². The molecule has 4 rings (SSSR count). The fraction of sp³-hybridized carbons (Fsp3) is 0.720. The minimum atomic E-state index is 0. The second-order valence-electron chi connectivity index (χ2n) is 9.47. The molecule has 0 radical (unpaired) electrons. The number of ether oxygens (including phenoxy) is 2. The molecule has 3 aliphatic rings. The third kappa shape index (κ3) is 7.78. The topological polar surface area (TPSA) is 52.6 Å². The second-order valence-corrected chi connectivity index (χ2v) is 9.47. The van der Waals surface area contributed by atoms with Gasteiger partial charge in [-0.05, 0) is 38.3 Å². The quantitative estimate of drug-likeness (QED) is 0.322. The molecule has 186 valence electrons. The van der Waals surface area contributed by atoms with Crippen molar-refractivity contribution in [2.45, 2.75) is 58.5 Å². The zero-order valence-electron chi connectivity index (χ0n) is 20.5. The van der Waals surface area contributed by atoms with Crippen LogP contribution in [0.3, 0.4) is 0 Å². The Morgan fingerprint density at radius 3 is 2.33 bits per heavy atom. The van der Waals surface area contributed by atoms with Crippen LogP contribution < -0.4 is 5.32 Å². The van der Waals surface area contributed by atoms with Gasteiger partial charge >= 0.3 is 0 Å². The summed E-state index contributed by atoms with van der Waals surface area (Å²) < 4.78 is 11.4. The number of benzene rings is 1. The molecule has 7 nitrogen and oxygen atoms in total. The van der Waals surface area contributed by atoms with Crippen molar-refractivity contribution in [3.63, 3.8) is 0 Å². The molecular weight excluding hydrogens is 529 g/mol. The molecule has 3 fully saturated rings. The number of aliphatic imine (C=N–C) groups is 1. The van der Waals surface area contributed by atoms with E-state index in [1.165, 1.54) is 17.5 Å². The lowest BCUT2D eigenvalue weighted by Gasteiger charge is -2.35. The monoisotopic (exact) mass is 571 g/mol. The standard InChI is InChI=1S/C25H41N5O2.HI/c1-4-26-25(30-10-9-24(19-30)29-11-13-31-14-12-29)27-15-22-5-7-23(8-6-22)18-28-16-20(2)32-21(3)17-28;/h5-8,20-21,24H,4,9-19H2,1-3H3,(H,26,27);1H. The smallest absolute Gasteiger partial charge is 0.194 e. The Kier molecular flexibility index (Phi) is 10.7. The lowest BCUT2D eigenvalue weighted by molar-refractivity contribution is -0.0704. The predicted molar refractivity (Wildman–Crippen MR) is 144 cm³/mol. The highest BCUT2D eigenvalue weighted by Gasteiger charge is 2.30. The molecule has 0 spiro atoms. The third-order valence-corrected chi connectivity index (χ3v) is 6.70. The third-order valence-electron chi connectivity index (χ3n) is 6.70. The van der Waals surface area contributed by atoms with E-state index < -0.39 is 0 Å². The zero-order valence-corrected chi connectivity index (χ0v) is 22.9. The Morgan fingerprint density at radius 2 is 1.67 bits per heavy atom. The summed E-state index contributed by atoms with van der Waals surface area (Å²) in [6.45, 7) is 17.0. The van der Waals surface area contributed by atoms with Gasteiger partial charge in [0.15, 0.2) is 5.96 Å². The minimum Gasteiger partial charge on any atom is -0.379 e. The van der Waals surface area contributed by atoms with Crippen LogP contribution in [0.5, 0.6) is 0 Å². The number of nitrogens with one attached hydrogen (secondary N) is 1. The van der Waals surface area contributed by atoms with Crippen LogP contribution in [0.15, 0.2) is 29.3 Å². The zero-order chi connectivity index (χ0) is 22.3. The first-order valence-electron chi connectivity index (χ1n) is 12.4.